The molecule has 5 heteroatoms. The molecule has 0 saturated carbocycles. The van der Waals surface area contributed by atoms with Gasteiger partial charge in [0, 0.05) is 32.7 Å². The van der Waals surface area contributed by atoms with Crippen LogP contribution in [-0.4, -0.2) is 22.6 Å². The fraction of sp³-hybridized carbons (Fsp3) is 0. The van der Waals surface area contributed by atoms with E-state index in [0.29, 0.717) is 5.95 Å². The van der Waals surface area contributed by atoms with Gasteiger partial charge in [-0.25, -0.2) is 9.97 Å². The molecule has 0 bridgehead atoms. The highest BCUT2D eigenvalue weighted by atomic mass is 28.3. The molecule has 13 rings (SSSR count). The van der Waals surface area contributed by atoms with Crippen LogP contribution in [0.4, 0.5) is 0 Å². The second-order valence-electron chi connectivity index (χ2n) is 17.7. The van der Waals surface area contributed by atoms with E-state index in [0.717, 1.165) is 66.3 Å². The molecule has 4 nitrogen and oxygen atoms in total. The predicted molar refractivity (Wildman–Crippen MR) is 289 cm³/mol. The second-order valence-corrected chi connectivity index (χ2v) is 21.5. The van der Waals surface area contributed by atoms with Crippen molar-refractivity contribution >= 4 is 72.6 Å². The molecule has 0 fully saturated rings. The molecule has 0 aliphatic heterocycles. The third kappa shape index (κ3) is 6.82. The summed E-state index contributed by atoms with van der Waals surface area (Å²) < 4.78 is 8.90. The predicted octanol–water partition coefficient (Wildman–Crippen LogP) is 13.5. The Balaban J connectivity index is 1.09. The fourth-order valence-corrected chi connectivity index (χ4v) is 15.5. The monoisotopic (exact) mass is 897 g/mol. The van der Waals surface area contributed by atoms with Crippen molar-refractivity contribution in [3.63, 3.8) is 0 Å². The van der Waals surface area contributed by atoms with Crippen molar-refractivity contribution in [2.45, 2.75) is 0 Å². The highest BCUT2D eigenvalue weighted by molar-refractivity contribution is 7.20. The van der Waals surface area contributed by atoms with Crippen LogP contribution in [0.2, 0.25) is 0 Å². The summed E-state index contributed by atoms with van der Waals surface area (Å²) in [5.41, 5.74) is 12.0. The first kappa shape index (κ1) is 40.4. The maximum Gasteiger partial charge on any atom is 0.235 e. The highest BCUT2D eigenvalue weighted by Crippen LogP contribution is 2.38. The Morgan fingerprint density at radius 2 is 0.754 bits per heavy atom. The first-order valence-corrected chi connectivity index (χ1v) is 25.5. The molecule has 0 amide bonds. The minimum atomic E-state index is -3.13. The van der Waals surface area contributed by atoms with E-state index in [-0.39, 0.29) is 0 Å². The first-order chi connectivity index (χ1) is 34.2. The Kier molecular flexibility index (Phi) is 9.81. The van der Waals surface area contributed by atoms with Crippen LogP contribution in [0.25, 0.3) is 94.5 Å². The zero-order valence-electron chi connectivity index (χ0n) is 37.6. The standard InChI is InChI=1S/C64H43N3OSi/c1-4-20-44(21-5-1)46-24-16-29-50(40-46)69(49-27-8-3-9-28-49,51-30-17-25-47(41-51)45-22-6-2-7-23-45)52-31-18-26-48(42-52)58-43-59(57-36-19-35-56-55-34-12-15-39-62(55)68-63(56)57)66-64(65-58)67-60-37-13-10-32-53(60)54-33-11-14-38-61(54)67/h1-43H. The van der Waals surface area contributed by atoms with Gasteiger partial charge in [-0.3, -0.25) is 4.57 Å². The minimum absolute atomic E-state index is 0.594. The Labute approximate surface area is 401 Å². The molecule has 0 aliphatic carbocycles. The molecule has 10 aromatic carbocycles. The van der Waals surface area contributed by atoms with Crippen LogP contribution >= 0.6 is 0 Å². The summed E-state index contributed by atoms with van der Waals surface area (Å²) in [7, 11) is -3.13. The van der Waals surface area contributed by atoms with E-state index in [2.05, 4.69) is 253 Å². The van der Waals surface area contributed by atoms with Crippen molar-refractivity contribution < 1.29 is 4.42 Å². The number of furan rings is 1. The van der Waals surface area contributed by atoms with Gasteiger partial charge in [-0.1, -0.05) is 231 Å². The Hall–Kier alpha value is -8.90. The van der Waals surface area contributed by atoms with Crippen molar-refractivity contribution in [1.82, 2.24) is 14.5 Å². The number of hydrogen-bond donors (Lipinski definition) is 0. The van der Waals surface area contributed by atoms with E-state index in [1.807, 2.05) is 12.1 Å². The Morgan fingerprint density at radius 1 is 0.319 bits per heavy atom. The average Bonchev–Trinajstić information content (AvgIpc) is 3.98. The van der Waals surface area contributed by atoms with E-state index in [4.69, 9.17) is 14.4 Å². The molecule has 0 atom stereocenters. The molecule has 0 saturated heterocycles. The number of benzene rings is 10. The Morgan fingerprint density at radius 3 is 1.36 bits per heavy atom. The lowest BCUT2D eigenvalue weighted by Gasteiger charge is -2.35. The maximum absolute atomic E-state index is 6.69. The average molecular weight is 898 g/mol. The van der Waals surface area contributed by atoms with Gasteiger partial charge in [-0.05, 0) is 73.3 Å². The van der Waals surface area contributed by atoms with Crippen molar-refractivity contribution in [2.75, 3.05) is 0 Å². The topological polar surface area (TPSA) is 43.9 Å². The van der Waals surface area contributed by atoms with Crippen molar-refractivity contribution in [2.24, 2.45) is 0 Å². The van der Waals surface area contributed by atoms with Crippen LogP contribution in [0.5, 0.6) is 0 Å². The van der Waals surface area contributed by atoms with E-state index in [1.165, 1.54) is 43.0 Å². The summed E-state index contributed by atoms with van der Waals surface area (Å²) >= 11 is 0. The molecular weight excluding hydrogens is 855 g/mol. The quantitative estimate of drug-likeness (QED) is 0.107. The molecule has 324 valence electrons. The van der Waals surface area contributed by atoms with E-state index in [9.17, 15) is 0 Å². The summed E-state index contributed by atoms with van der Waals surface area (Å²) in [5.74, 6) is 0.594. The first-order valence-electron chi connectivity index (χ1n) is 23.5. The maximum atomic E-state index is 6.69. The zero-order valence-corrected chi connectivity index (χ0v) is 38.6. The lowest BCUT2D eigenvalue weighted by Crippen LogP contribution is -2.74. The van der Waals surface area contributed by atoms with E-state index in [1.54, 1.807) is 0 Å². The molecule has 0 spiro atoms. The number of hydrogen-bond acceptors (Lipinski definition) is 3. The van der Waals surface area contributed by atoms with Crippen LogP contribution < -0.4 is 20.7 Å². The van der Waals surface area contributed by atoms with Crippen LogP contribution in [0.1, 0.15) is 0 Å². The van der Waals surface area contributed by atoms with Crippen molar-refractivity contribution in [3.8, 4) is 50.7 Å². The molecule has 0 N–H and O–H groups in total. The number of para-hydroxylation sites is 4. The Bertz CT molecular complexity index is 3890. The summed E-state index contributed by atoms with van der Waals surface area (Å²) in [4.78, 5) is 11.1. The fourth-order valence-electron chi connectivity index (χ4n) is 10.6. The molecule has 3 heterocycles. The molecule has 3 aromatic heterocycles. The molecule has 69 heavy (non-hydrogen) atoms. The SMILES string of the molecule is c1ccc(-c2cccc([Si](c3ccccc3)(c3cccc(-c4ccccc4)c3)c3cccc(-c4cc(-c5cccc6c5oc5ccccc56)nc(-n5c6ccccc6c6ccccc65)n4)c3)c2)cc1. The van der Waals surface area contributed by atoms with Crippen LogP contribution in [0.3, 0.4) is 0 Å². The summed E-state index contributed by atoms with van der Waals surface area (Å²) in [6.45, 7) is 0. The van der Waals surface area contributed by atoms with Crippen LogP contribution in [0.15, 0.2) is 265 Å². The van der Waals surface area contributed by atoms with E-state index >= 15 is 0 Å². The molecule has 13 aromatic rings. The van der Waals surface area contributed by atoms with Gasteiger partial charge < -0.3 is 4.42 Å². The minimum Gasteiger partial charge on any atom is -0.455 e. The van der Waals surface area contributed by atoms with Gasteiger partial charge in [0.2, 0.25) is 5.95 Å². The summed E-state index contributed by atoms with van der Waals surface area (Å²) in [6, 6.07) is 94.2. The second kappa shape index (κ2) is 16.8. The number of fused-ring (bicyclic) bond motifs is 6. The molecule has 0 unspecified atom stereocenters. The molecular formula is C64H43N3OSi. The third-order valence-electron chi connectivity index (χ3n) is 13.8. The smallest absolute Gasteiger partial charge is 0.235 e. The van der Waals surface area contributed by atoms with Crippen molar-refractivity contribution in [1.29, 1.82) is 0 Å². The van der Waals surface area contributed by atoms with Gasteiger partial charge in [0.1, 0.15) is 11.2 Å². The third-order valence-corrected chi connectivity index (χ3v) is 18.5. The van der Waals surface area contributed by atoms with Crippen LogP contribution in [0, 0.1) is 0 Å². The van der Waals surface area contributed by atoms with Gasteiger partial charge in [0.05, 0.1) is 22.4 Å². The number of aromatic nitrogens is 3. The van der Waals surface area contributed by atoms with Crippen LogP contribution in [-0.2, 0) is 0 Å². The molecule has 0 aliphatic rings. The van der Waals surface area contributed by atoms with E-state index < -0.39 is 8.07 Å². The zero-order chi connectivity index (χ0) is 45.7. The summed E-state index contributed by atoms with van der Waals surface area (Å²) in [5, 5.41) is 9.57. The highest BCUT2D eigenvalue weighted by Gasteiger charge is 2.42. The summed E-state index contributed by atoms with van der Waals surface area (Å²) in [6.07, 6.45) is 0. The lowest BCUT2D eigenvalue weighted by molar-refractivity contribution is 0.670. The van der Waals surface area contributed by atoms with Gasteiger partial charge in [0.25, 0.3) is 0 Å². The van der Waals surface area contributed by atoms with Gasteiger partial charge >= 0.3 is 0 Å². The lowest BCUT2D eigenvalue weighted by atomic mass is 10.0. The molecule has 0 radical (unpaired) electrons. The largest absolute Gasteiger partial charge is 0.455 e. The number of nitrogens with zero attached hydrogens (tertiary/aromatic N) is 3. The van der Waals surface area contributed by atoms with Gasteiger partial charge in [0.15, 0.2) is 8.07 Å². The normalized spacial score (nSPS) is 11.8. The van der Waals surface area contributed by atoms with Gasteiger partial charge in [-0.15, -0.1) is 0 Å². The van der Waals surface area contributed by atoms with Gasteiger partial charge in [-0.2, -0.15) is 0 Å². The number of rotatable bonds is 9. The van der Waals surface area contributed by atoms with Crippen molar-refractivity contribution in [3.05, 3.63) is 261 Å².